The van der Waals surface area contributed by atoms with E-state index in [4.69, 9.17) is 4.74 Å². The molecule has 1 aliphatic heterocycles. The Hall–Kier alpha value is -1.92. The first-order chi connectivity index (χ1) is 11.2. The lowest BCUT2D eigenvalue weighted by atomic mass is 10.2. The van der Waals surface area contributed by atoms with Gasteiger partial charge in [0.2, 0.25) is 5.88 Å². The minimum atomic E-state index is 0.161. The Bertz CT molecular complexity index is 661. The average Bonchev–Trinajstić information content (AvgIpc) is 3.02. The van der Waals surface area contributed by atoms with Gasteiger partial charge in [-0.05, 0) is 24.6 Å². The molecule has 3 rings (SSSR count). The van der Waals surface area contributed by atoms with Crippen molar-refractivity contribution >= 4 is 17.2 Å². The number of hydrogen-bond acceptors (Lipinski definition) is 5. The highest BCUT2D eigenvalue weighted by molar-refractivity contribution is 7.13. The van der Waals surface area contributed by atoms with Crippen LogP contribution in [0.1, 0.15) is 20.1 Å². The van der Waals surface area contributed by atoms with Crippen molar-refractivity contribution in [3.05, 3.63) is 45.8 Å². The molecular weight excluding hydrogens is 310 g/mol. The van der Waals surface area contributed by atoms with E-state index in [0.29, 0.717) is 5.88 Å². The Kier molecular flexibility index (Phi) is 4.93. The molecule has 5 nitrogen and oxygen atoms in total. The fraction of sp³-hybridized carbons (Fsp3) is 0.412. The second-order valence-electron chi connectivity index (χ2n) is 5.69. The number of carbonyl (C=O) groups is 1. The summed E-state index contributed by atoms with van der Waals surface area (Å²) in [5.41, 5.74) is 1.17. The number of methoxy groups -OCH3 is 1. The lowest BCUT2D eigenvalue weighted by Gasteiger charge is -2.34. The van der Waals surface area contributed by atoms with Crippen LogP contribution in [-0.4, -0.2) is 54.0 Å². The second-order valence-corrected chi connectivity index (χ2v) is 6.98. The fourth-order valence-electron chi connectivity index (χ4n) is 2.70. The van der Waals surface area contributed by atoms with E-state index < -0.39 is 0 Å². The normalized spacial score (nSPS) is 15.7. The molecule has 1 amide bonds. The van der Waals surface area contributed by atoms with Crippen LogP contribution in [0, 0.1) is 6.92 Å². The highest BCUT2D eigenvalue weighted by Crippen LogP contribution is 2.18. The van der Waals surface area contributed by atoms with Gasteiger partial charge in [-0.2, -0.15) is 0 Å². The molecule has 0 aromatic carbocycles. The van der Waals surface area contributed by atoms with Crippen molar-refractivity contribution in [3.63, 3.8) is 0 Å². The molecule has 1 fully saturated rings. The number of thiophene rings is 1. The lowest BCUT2D eigenvalue weighted by molar-refractivity contribution is 0.0633. The second kappa shape index (κ2) is 7.10. The molecule has 0 spiro atoms. The van der Waals surface area contributed by atoms with Crippen molar-refractivity contribution in [1.29, 1.82) is 0 Å². The van der Waals surface area contributed by atoms with Gasteiger partial charge in [0.15, 0.2) is 0 Å². The summed E-state index contributed by atoms with van der Waals surface area (Å²) in [7, 11) is 1.62. The SMILES string of the molecule is COc1ccc(CN2CCN(C(=O)c3ccc(C)s3)CC2)cn1. The minimum absolute atomic E-state index is 0.161. The Morgan fingerprint density at radius 3 is 2.57 bits per heavy atom. The molecule has 3 heterocycles. The van der Waals surface area contributed by atoms with Gasteiger partial charge >= 0.3 is 0 Å². The van der Waals surface area contributed by atoms with E-state index >= 15 is 0 Å². The van der Waals surface area contributed by atoms with Gasteiger partial charge in [-0.15, -0.1) is 11.3 Å². The maximum atomic E-state index is 12.4. The summed E-state index contributed by atoms with van der Waals surface area (Å²) >= 11 is 1.57. The first kappa shape index (κ1) is 16.0. The lowest BCUT2D eigenvalue weighted by Crippen LogP contribution is -2.48. The Morgan fingerprint density at radius 1 is 1.22 bits per heavy atom. The van der Waals surface area contributed by atoms with Crippen molar-refractivity contribution in [3.8, 4) is 5.88 Å². The monoisotopic (exact) mass is 331 g/mol. The molecule has 0 unspecified atom stereocenters. The van der Waals surface area contributed by atoms with Crippen LogP contribution >= 0.6 is 11.3 Å². The summed E-state index contributed by atoms with van der Waals surface area (Å²) in [6.45, 7) is 6.22. The fourth-order valence-corrected chi connectivity index (χ4v) is 3.53. The van der Waals surface area contributed by atoms with Gasteiger partial charge in [-0.1, -0.05) is 6.07 Å². The summed E-state index contributed by atoms with van der Waals surface area (Å²) in [6, 6.07) is 7.86. The maximum absolute atomic E-state index is 12.4. The third kappa shape index (κ3) is 3.89. The summed E-state index contributed by atoms with van der Waals surface area (Å²) in [5, 5.41) is 0. The van der Waals surface area contributed by atoms with Gasteiger partial charge in [0.25, 0.3) is 5.91 Å². The van der Waals surface area contributed by atoms with Crippen molar-refractivity contribution in [2.24, 2.45) is 0 Å². The molecule has 122 valence electrons. The highest BCUT2D eigenvalue weighted by atomic mass is 32.1. The summed E-state index contributed by atoms with van der Waals surface area (Å²) in [4.78, 5) is 23.0. The molecule has 1 aliphatic rings. The van der Waals surface area contributed by atoms with E-state index in [1.807, 2.05) is 42.3 Å². The molecule has 0 radical (unpaired) electrons. The van der Waals surface area contributed by atoms with Gasteiger partial charge in [-0.25, -0.2) is 4.98 Å². The zero-order chi connectivity index (χ0) is 16.2. The number of carbonyl (C=O) groups excluding carboxylic acids is 1. The van der Waals surface area contributed by atoms with E-state index in [0.717, 1.165) is 37.6 Å². The third-order valence-electron chi connectivity index (χ3n) is 4.02. The van der Waals surface area contributed by atoms with E-state index in [1.165, 1.54) is 10.4 Å². The topological polar surface area (TPSA) is 45.7 Å². The first-order valence-corrected chi connectivity index (χ1v) is 8.54. The summed E-state index contributed by atoms with van der Waals surface area (Å²) in [6.07, 6.45) is 1.85. The number of aryl methyl sites for hydroxylation is 1. The number of piperazine rings is 1. The number of rotatable bonds is 4. The molecule has 2 aromatic rings. The molecule has 2 aromatic heterocycles. The number of ether oxygens (including phenoxy) is 1. The smallest absolute Gasteiger partial charge is 0.264 e. The van der Waals surface area contributed by atoms with Crippen LogP contribution in [0.4, 0.5) is 0 Å². The molecule has 0 saturated carbocycles. The molecule has 0 bridgehead atoms. The van der Waals surface area contributed by atoms with Crippen molar-refractivity contribution in [2.45, 2.75) is 13.5 Å². The van der Waals surface area contributed by atoms with Crippen LogP contribution in [0.2, 0.25) is 0 Å². The summed E-state index contributed by atoms with van der Waals surface area (Å²) in [5.74, 6) is 0.796. The van der Waals surface area contributed by atoms with Gasteiger partial charge in [0.1, 0.15) is 0 Å². The predicted octanol–water partition coefficient (Wildman–Crippen LogP) is 2.42. The Labute approximate surface area is 140 Å². The van der Waals surface area contributed by atoms with Gasteiger partial charge in [0, 0.05) is 49.9 Å². The van der Waals surface area contributed by atoms with Crippen molar-refractivity contribution < 1.29 is 9.53 Å². The maximum Gasteiger partial charge on any atom is 0.264 e. The largest absolute Gasteiger partial charge is 0.481 e. The predicted molar refractivity (Wildman–Crippen MR) is 91.0 cm³/mol. The highest BCUT2D eigenvalue weighted by Gasteiger charge is 2.23. The standard InChI is InChI=1S/C17H21N3O2S/c1-13-3-5-15(23-13)17(21)20-9-7-19(8-10-20)12-14-4-6-16(22-2)18-11-14/h3-6,11H,7-10,12H2,1-2H3. The van der Waals surface area contributed by atoms with Crippen molar-refractivity contribution in [1.82, 2.24) is 14.8 Å². The van der Waals surface area contributed by atoms with E-state index in [-0.39, 0.29) is 5.91 Å². The number of nitrogens with zero attached hydrogens (tertiary/aromatic N) is 3. The molecule has 0 N–H and O–H groups in total. The number of pyridine rings is 1. The molecule has 6 heteroatoms. The number of hydrogen-bond donors (Lipinski definition) is 0. The molecular formula is C17H21N3O2S. The molecule has 23 heavy (non-hydrogen) atoms. The Balaban J connectivity index is 1.52. The van der Waals surface area contributed by atoms with E-state index in [9.17, 15) is 4.79 Å². The number of aromatic nitrogens is 1. The molecule has 0 atom stereocenters. The molecule has 1 saturated heterocycles. The zero-order valence-electron chi connectivity index (χ0n) is 13.5. The van der Waals surface area contributed by atoms with Crippen LogP contribution < -0.4 is 4.74 Å². The van der Waals surface area contributed by atoms with E-state index in [1.54, 1.807) is 18.4 Å². The average molecular weight is 331 g/mol. The first-order valence-electron chi connectivity index (χ1n) is 7.72. The van der Waals surface area contributed by atoms with Crippen LogP contribution in [0.25, 0.3) is 0 Å². The molecule has 0 aliphatic carbocycles. The zero-order valence-corrected chi connectivity index (χ0v) is 14.3. The van der Waals surface area contributed by atoms with E-state index in [2.05, 4.69) is 9.88 Å². The van der Waals surface area contributed by atoms with Crippen LogP contribution in [-0.2, 0) is 6.54 Å². The number of amides is 1. The van der Waals surface area contributed by atoms with Crippen molar-refractivity contribution in [2.75, 3.05) is 33.3 Å². The van der Waals surface area contributed by atoms with Gasteiger partial charge in [-0.3, -0.25) is 9.69 Å². The van der Waals surface area contributed by atoms with Crippen LogP contribution in [0.5, 0.6) is 5.88 Å². The minimum Gasteiger partial charge on any atom is -0.481 e. The van der Waals surface area contributed by atoms with Crippen LogP contribution in [0.15, 0.2) is 30.5 Å². The quantitative estimate of drug-likeness (QED) is 0.863. The third-order valence-corrected chi connectivity index (χ3v) is 5.01. The summed E-state index contributed by atoms with van der Waals surface area (Å²) < 4.78 is 5.08. The van der Waals surface area contributed by atoms with Gasteiger partial charge in [0.05, 0.1) is 12.0 Å². The van der Waals surface area contributed by atoms with Crippen LogP contribution in [0.3, 0.4) is 0 Å². The Morgan fingerprint density at radius 2 is 2.00 bits per heavy atom. The van der Waals surface area contributed by atoms with Gasteiger partial charge < -0.3 is 9.64 Å².